The van der Waals surface area contributed by atoms with Gasteiger partial charge in [-0.3, -0.25) is 0 Å². The lowest BCUT2D eigenvalue weighted by Crippen LogP contribution is -2.28. The lowest BCUT2D eigenvalue weighted by atomic mass is 10.4. The van der Waals surface area contributed by atoms with Crippen molar-refractivity contribution >= 4 is 5.82 Å². The molecule has 1 aromatic rings. The Kier molecular flexibility index (Phi) is 6.43. The normalized spacial score (nSPS) is 11.0. The molecule has 102 valence electrons. The third-order valence-corrected chi connectivity index (χ3v) is 2.63. The Hall–Kier alpha value is -1.36. The zero-order valence-electron chi connectivity index (χ0n) is 11.8. The summed E-state index contributed by atoms with van der Waals surface area (Å²) in [4.78, 5) is 10.6. The quantitative estimate of drug-likeness (QED) is 0.767. The van der Waals surface area contributed by atoms with Crippen molar-refractivity contribution in [2.45, 2.75) is 33.8 Å². The van der Waals surface area contributed by atoms with Gasteiger partial charge in [0.2, 0.25) is 5.88 Å². The standard InChI is InChI=1S/C13H24N4O/c1-5-17(6-2)8-7-14-12-9-13(16-10-15-12)18-11(3)4/h9-11H,5-8H2,1-4H3,(H,14,15,16). The van der Waals surface area contributed by atoms with E-state index in [4.69, 9.17) is 4.74 Å². The minimum absolute atomic E-state index is 0.128. The summed E-state index contributed by atoms with van der Waals surface area (Å²) in [6.07, 6.45) is 1.65. The summed E-state index contributed by atoms with van der Waals surface area (Å²) in [5.74, 6) is 1.43. The van der Waals surface area contributed by atoms with Crippen molar-refractivity contribution < 1.29 is 4.74 Å². The number of anilines is 1. The number of aromatic nitrogens is 2. The molecule has 0 saturated carbocycles. The topological polar surface area (TPSA) is 50.3 Å². The molecule has 0 spiro atoms. The maximum atomic E-state index is 5.52. The molecule has 0 bridgehead atoms. The van der Waals surface area contributed by atoms with Crippen LogP contribution >= 0.6 is 0 Å². The Morgan fingerprint density at radius 3 is 2.61 bits per heavy atom. The summed E-state index contributed by atoms with van der Waals surface area (Å²) in [7, 11) is 0. The Morgan fingerprint density at radius 2 is 2.00 bits per heavy atom. The van der Waals surface area contributed by atoms with Crippen LogP contribution in [0.1, 0.15) is 27.7 Å². The second-order valence-electron chi connectivity index (χ2n) is 4.36. The van der Waals surface area contributed by atoms with Crippen LogP contribution in [0, 0.1) is 0 Å². The van der Waals surface area contributed by atoms with Gasteiger partial charge in [0.05, 0.1) is 6.10 Å². The highest BCUT2D eigenvalue weighted by Gasteiger charge is 2.02. The van der Waals surface area contributed by atoms with E-state index in [0.29, 0.717) is 5.88 Å². The summed E-state index contributed by atoms with van der Waals surface area (Å²) < 4.78 is 5.52. The summed E-state index contributed by atoms with van der Waals surface area (Å²) in [5.41, 5.74) is 0. The molecule has 5 nitrogen and oxygen atoms in total. The number of nitrogens with one attached hydrogen (secondary N) is 1. The molecule has 0 amide bonds. The molecule has 0 unspecified atom stereocenters. The largest absolute Gasteiger partial charge is 0.475 e. The Morgan fingerprint density at radius 1 is 1.28 bits per heavy atom. The lowest BCUT2D eigenvalue weighted by Gasteiger charge is -2.18. The Bertz CT molecular complexity index is 340. The third kappa shape index (κ3) is 5.31. The fourth-order valence-corrected chi connectivity index (χ4v) is 1.62. The predicted octanol–water partition coefficient (Wildman–Crippen LogP) is 2.02. The highest BCUT2D eigenvalue weighted by molar-refractivity contribution is 5.36. The van der Waals surface area contributed by atoms with E-state index in [2.05, 4.69) is 34.0 Å². The molecule has 1 rings (SSSR count). The maximum Gasteiger partial charge on any atom is 0.218 e. The highest BCUT2D eigenvalue weighted by Crippen LogP contribution is 2.12. The smallest absolute Gasteiger partial charge is 0.218 e. The lowest BCUT2D eigenvalue weighted by molar-refractivity contribution is 0.232. The van der Waals surface area contributed by atoms with Crippen LogP contribution < -0.4 is 10.1 Å². The van der Waals surface area contributed by atoms with Gasteiger partial charge < -0.3 is 15.0 Å². The van der Waals surface area contributed by atoms with Crippen molar-refractivity contribution in [3.8, 4) is 5.88 Å². The first-order valence-corrected chi connectivity index (χ1v) is 6.60. The number of likely N-dealkylation sites (N-methyl/N-ethyl adjacent to an activating group) is 1. The average Bonchev–Trinajstić information content (AvgIpc) is 2.34. The zero-order valence-corrected chi connectivity index (χ0v) is 11.8. The fraction of sp³-hybridized carbons (Fsp3) is 0.692. The van der Waals surface area contributed by atoms with E-state index >= 15 is 0 Å². The van der Waals surface area contributed by atoms with E-state index in [-0.39, 0.29) is 6.10 Å². The Balaban J connectivity index is 2.42. The van der Waals surface area contributed by atoms with E-state index in [1.807, 2.05) is 19.9 Å². The van der Waals surface area contributed by atoms with Gasteiger partial charge >= 0.3 is 0 Å². The van der Waals surface area contributed by atoms with Crippen molar-refractivity contribution in [1.82, 2.24) is 14.9 Å². The van der Waals surface area contributed by atoms with Gasteiger partial charge in [-0.25, -0.2) is 9.97 Å². The van der Waals surface area contributed by atoms with Gasteiger partial charge in [0.15, 0.2) is 0 Å². The van der Waals surface area contributed by atoms with E-state index in [1.54, 1.807) is 0 Å². The SMILES string of the molecule is CCN(CC)CCNc1cc(OC(C)C)ncn1. The van der Waals surface area contributed by atoms with Crippen molar-refractivity contribution in [3.63, 3.8) is 0 Å². The third-order valence-electron chi connectivity index (χ3n) is 2.63. The van der Waals surface area contributed by atoms with Gasteiger partial charge in [0.25, 0.3) is 0 Å². The zero-order chi connectivity index (χ0) is 13.4. The number of nitrogens with zero attached hydrogens (tertiary/aromatic N) is 3. The predicted molar refractivity (Wildman–Crippen MR) is 74.1 cm³/mol. The monoisotopic (exact) mass is 252 g/mol. The molecule has 0 atom stereocenters. The minimum atomic E-state index is 0.128. The summed E-state index contributed by atoms with van der Waals surface area (Å²) >= 11 is 0. The molecule has 0 saturated heterocycles. The van der Waals surface area contributed by atoms with Crippen LogP contribution in [0.25, 0.3) is 0 Å². The van der Waals surface area contributed by atoms with Crippen molar-refractivity contribution in [2.24, 2.45) is 0 Å². The molecule has 5 heteroatoms. The fourth-order valence-electron chi connectivity index (χ4n) is 1.62. The Labute approximate surface area is 110 Å². The summed E-state index contributed by atoms with van der Waals surface area (Å²) in [5, 5.41) is 3.28. The van der Waals surface area contributed by atoms with Gasteiger partial charge in [-0.05, 0) is 26.9 Å². The number of hydrogen-bond donors (Lipinski definition) is 1. The van der Waals surface area contributed by atoms with Crippen LogP contribution in [-0.2, 0) is 0 Å². The average molecular weight is 252 g/mol. The molecule has 0 aliphatic rings. The van der Waals surface area contributed by atoms with E-state index in [0.717, 1.165) is 32.0 Å². The van der Waals surface area contributed by atoms with Crippen molar-refractivity contribution in [2.75, 3.05) is 31.5 Å². The first-order valence-electron chi connectivity index (χ1n) is 6.60. The highest BCUT2D eigenvalue weighted by atomic mass is 16.5. The summed E-state index contributed by atoms with van der Waals surface area (Å²) in [6, 6.07) is 1.84. The van der Waals surface area contributed by atoms with Crippen LogP contribution in [0.3, 0.4) is 0 Å². The van der Waals surface area contributed by atoms with E-state index in [9.17, 15) is 0 Å². The maximum absolute atomic E-state index is 5.52. The van der Waals surface area contributed by atoms with Gasteiger partial charge in [-0.1, -0.05) is 13.8 Å². The van der Waals surface area contributed by atoms with Crippen LogP contribution in [0.15, 0.2) is 12.4 Å². The second-order valence-corrected chi connectivity index (χ2v) is 4.36. The van der Waals surface area contributed by atoms with Crippen LogP contribution in [0.4, 0.5) is 5.82 Å². The van der Waals surface area contributed by atoms with E-state index < -0.39 is 0 Å². The van der Waals surface area contributed by atoms with Gasteiger partial charge in [-0.2, -0.15) is 0 Å². The van der Waals surface area contributed by atoms with Gasteiger partial charge in [0, 0.05) is 19.2 Å². The number of rotatable bonds is 8. The molecular formula is C13H24N4O. The van der Waals surface area contributed by atoms with Crippen LogP contribution in [0.5, 0.6) is 5.88 Å². The molecular weight excluding hydrogens is 228 g/mol. The first-order chi connectivity index (χ1) is 8.65. The van der Waals surface area contributed by atoms with Crippen LogP contribution in [-0.4, -0.2) is 47.2 Å². The first kappa shape index (κ1) is 14.7. The molecule has 1 aromatic heterocycles. The number of ether oxygens (including phenoxy) is 1. The van der Waals surface area contributed by atoms with Crippen molar-refractivity contribution in [1.29, 1.82) is 0 Å². The number of hydrogen-bond acceptors (Lipinski definition) is 5. The minimum Gasteiger partial charge on any atom is -0.475 e. The molecule has 0 aliphatic carbocycles. The molecule has 0 radical (unpaired) electrons. The van der Waals surface area contributed by atoms with E-state index in [1.165, 1.54) is 6.33 Å². The van der Waals surface area contributed by atoms with Crippen LogP contribution in [0.2, 0.25) is 0 Å². The molecule has 18 heavy (non-hydrogen) atoms. The van der Waals surface area contributed by atoms with Gasteiger partial charge in [-0.15, -0.1) is 0 Å². The second kappa shape index (κ2) is 7.87. The molecule has 0 aliphatic heterocycles. The molecule has 1 N–H and O–H groups in total. The summed E-state index contributed by atoms with van der Waals surface area (Å²) in [6.45, 7) is 12.3. The van der Waals surface area contributed by atoms with Crippen molar-refractivity contribution in [3.05, 3.63) is 12.4 Å². The van der Waals surface area contributed by atoms with Gasteiger partial charge in [0.1, 0.15) is 12.1 Å². The molecule has 0 fully saturated rings. The molecule has 1 heterocycles. The molecule has 0 aromatic carbocycles.